The Labute approximate surface area is 138 Å². The molecule has 1 aromatic carbocycles. The van der Waals surface area contributed by atoms with Gasteiger partial charge in [-0.3, -0.25) is 4.79 Å². The SMILES string of the molecule is CCc1c(C(=O)NC(CC)C(=O)O)nnn1-c1cccc(Cl)c1. The Balaban J connectivity index is 2.34. The molecule has 2 aromatic rings. The first-order valence-electron chi connectivity index (χ1n) is 7.22. The molecule has 7 nitrogen and oxygen atoms in total. The van der Waals surface area contributed by atoms with E-state index < -0.39 is 17.9 Å². The van der Waals surface area contributed by atoms with Crippen LogP contribution in [0.5, 0.6) is 0 Å². The monoisotopic (exact) mass is 336 g/mol. The quantitative estimate of drug-likeness (QED) is 0.841. The molecule has 8 heteroatoms. The van der Waals surface area contributed by atoms with Gasteiger partial charge in [0.25, 0.3) is 5.91 Å². The van der Waals surface area contributed by atoms with Gasteiger partial charge in [0.1, 0.15) is 6.04 Å². The van der Waals surface area contributed by atoms with Gasteiger partial charge in [-0.1, -0.05) is 36.7 Å². The summed E-state index contributed by atoms with van der Waals surface area (Å²) in [4.78, 5) is 23.3. The number of hydrogen-bond acceptors (Lipinski definition) is 4. The van der Waals surface area contributed by atoms with E-state index in [2.05, 4.69) is 15.6 Å². The lowest BCUT2D eigenvalue weighted by atomic mass is 10.2. The van der Waals surface area contributed by atoms with Crippen molar-refractivity contribution in [2.75, 3.05) is 0 Å². The third-order valence-corrected chi connectivity index (χ3v) is 3.61. The van der Waals surface area contributed by atoms with Crippen LogP contribution in [0.1, 0.15) is 36.5 Å². The van der Waals surface area contributed by atoms with Gasteiger partial charge in [0.2, 0.25) is 0 Å². The molecule has 1 amide bonds. The molecule has 0 aliphatic rings. The molecule has 0 aliphatic heterocycles. The number of amides is 1. The number of halogens is 1. The Hall–Kier alpha value is -2.41. The molecule has 0 radical (unpaired) electrons. The summed E-state index contributed by atoms with van der Waals surface area (Å²) in [6, 6.07) is 6.07. The molecule has 23 heavy (non-hydrogen) atoms. The second kappa shape index (κ2) is 7.23. The minimum absolute atomic E-state index is 0.118. The summed E-state index contributed by atoms with van der Waals surface area (Å²) in [6.45, 7) is 3.55. The summed E-state index contributed by atoms with van der Waals surface area (Å²) >= 11 is 5.98. The van der Waals surface area contributed by atoms with E-state index in [1.807, 2.05) is 6.92 Å². The number of carbonyl (C=O) groups is 2. The summed E-state index contributed by atoms with van der Waals surface area (Å²) in [5.74, 6) is -1.63. The van der Waals surface area contributed by atoms with E-state index in [1.54, 1.807) is 31.2 Å². The molecule has 0 saturated heterocycles. The summed E-state index contributed by atoms with van der Waals surface area (Å²) in [7, 11) is 0. The maximum Gasteiger partial charge on any atom is 0.326 e. The number of nitrogens with zero attached hydrogens (tertiary/aromatic N) is 3. The van der Waals surface area contributed by atoms with Crippen LogP contribution in [0.4, 0.5) is 0 Å². The van der Waals surface area contributed by atoms with Crippen LogP contribution in [0.25, 0.3) is 5.69 Å². The van der Waals surface area contributed by atoms with Crippen molar-refractivity contribution >= 4 is 23.5 Å². The van der Waals surface area contributed by atoms with Crippen LogP contribution in [0.3, 0.4) is 0 Å². The largest absolute Gasteiger partial charge is 0.480 e. The molecule has 2 N–H and O–H groups in total. The summed E-state index contributed by atoms with van der Waals surface area (Å²) < 4.78 is 1.53. The van der Waals surface area contributed by atoms with Crippen molar-refractivity contribution in [1.82, 2.24) is 20.3 Å². The predicted molar refractivity (Wildman–Crippen MR) is 84.9 cm³/mol. The lowest BCUT2D eigenvalue weighted by molar-refractivity contribution is -0.139. The smallest absolute Gasteiger partial charge is 0.326 e. The maximum absolute atomic E-state index is 12.3. The van der Waals surface area contributed by atoms with Crippen molar-refractivity contribution < 1.29 is 14.7 Å². The van der Waals surface area contributed by atoms with E-state index >= 15 is 0 Å². The van der Waals surface area contributed by atoms with E-state index in [1.165, 1.54) is 4.68 Å². The fourth-order valence-corrected chi connectivity index (χ4v) is 2.36. The first-order chi connectivity index (χ1) is 11.0. The molecule has 0 saturated carbocycles. The van der Waals surface area contributed by atoms with Gasteiger partial charge in [0, 0.05) is 5.02 Å². The highest BCUT2D eigenvalue weighted by atomic mass is 35.5. The van der Waals surface area contributed by atoms with Crippen LogP contribution in [-0.2, 0) is 11.2 Å². The fraction of sp³-hybridized carbons (Fsp3) is 0.333. The van der Waals surface area contributed by atoms with Crippen LogP contribution in [0, 0.1) is 0 Å². The van der Waals surface area contributed by atoms with Gasteiger partial charge in [-0.2, -0.15) is 0 Å². The van der Waals surface area contributed by atoms with E-state index in [0.717, 1.165) is 0 Å². The summed E-state index contributed by atoms with van der Waals surface area (Å²) in [5.41, 5.74) is 1.39. The topological polar surface area (TPSA) is 97.1 Å². The Morgan fingerprint density at radius 3 is 2.70 bits per heavy atom. The minimum Gasteiger partial charge on any atom is -0.480 e. The highest BCUT2D eigenvalue weighted by Crippen LogP contribution is 2.18. The van der Waals surface area contributed by atoms with E-state index in [4.69, 9.17) is 16.7 Å². The van der Waals surface area contributed by atoms with Gasteiger partial charge in [-0.25, -0.2) is 9.48 Å². The van der Waals surface area contributed by atoms with Gasteiger partial charge in [0.05, 0.1) is 11.4 Å². The first-order valence-corrected chi connectivity index (χ1v) is 7.59. The number of aromatic nitrogens is 3. The molecule has 0 spiro atoms. The number of carbonyl (C=O) groups excluding carboxylic acids is 1. The van der Waals surface area contributed by atoms with Crippen molar-refractivity contribution in [3.8, 4) is 5.69 Å². The van der Waals surface area contributed by atoms with Crippen molar-refractivity contribution in [2.24, 2.45) is 0 Å². The normalized spacial score (nSPS) is 12.0. The number of nitrogens with one attached hydrogen (secondary N) is 1. The Morgan fingerprint density at radius 2 is 2.13 bits per heavy atom. The Bertz CT molecular complexity index is 729. The van der Waals surface area contributed by atoms with Crippen LogP contribution in [0.15, 0.2) is 24.3 Å². The molecule has 2 rings (SSSR count). The maximum atomic E-state index is 12.3. The highest BCUT2D eigenvalue weighted by molar-refractivity contribution is 6.30. The Kier molecular flexibility index (Phi) is 5.33. The molecule has 0 aliphatic carbocycles. The first kappa shape index (κ1) is 17.0. The molecule has 1 unspecified atom stereocenters. The predicted octanol–water partition coefficient (Wildman–Crippen LogP) is 2.08. The fourth-order valence-electron chi connectivity index (χ4n) is 2.18. The number of benzene rings is 1. The van der Waals surface area contributed by atoms with E-state index in [0.29, 0.717) is 22.8 Å². The van der Waals surface area contributed by atoms with Crippen LogP contribution in [0.2, 0.25) is 5.02 Å². The molecule has 122 valence electrons. The second-order valence-corrected chi connectivity index (χ2v) is 5.34. The van der Waals surface area contributed by atoms with Crippen LogP contribution in [-0.4, -0.2) is 38.0 Å². The van der Waals surface area contributed by atoms with Gasteiger partial charge < -0.3 is 10.4 Å². The third-order valence-electron chi connectivity index (χ3n) is 3.38. The minimum atomic E-state index is -1.08. The van der Waals surface area contributed by atoms with E-state index in [9.17, 15) is 9.59 Å². The zero-order valence-corrected chi connectivity index (χ0v) is 13.5. The molecule has 0 fully saturated rings. The number of rotatable bonds is 6. The zero-order valence-electron chi connectivity index (χ0n) is 12.8. The summed E-state index contributed by atoms with van der Waals surface area (Å²) in [6.07, 6.45) is 0.789. The summed E-state index contributed by atoms with van der Waals surface area (Å²) in [5, 5.41) is 19.9. The molecule has 1 aromatic heterocycles. The zero-order chi connectivity index (χ0) is 17.0. The van der Waals surface area contributed by atoms with Crippen molar-refractivity contribution in [1.29, 1.82) is 0 Å². The van der Waals surface area contributed by atoms with Crippen molar-refractivity contribution in [2.45, 2.75) is 32.7 Å². The Morgan fingerprint density at radius 1 is 1.39 bits per heavy atom. The second-order valence-electron chi connectivity index (χ2n) is 4.90. The average Bonchev–Trinajstić information content (AvgIpc) is 2.96. The van der Waals surface area contributed by atoms with Crippen LogP contribution >= 0.6 is 11.6 Å². The number of aliphatic carboxylic acids is 1. The van der Waals surface area contributed by atoms with Gasteiger partial charge in [0.15, 0.2) is 5.69 Å². The number of hydrogen-bond donors (Lipinski definition) is 2. The number of carboxylic acids is 1. The molecular weight excluding hydrogens is 320 g/mol. The van der Waals surface area contributed by atoms with E-state index in [-0.39, 0.29) is 12.1 Å². The molecule has 1 heterocycles. The molecule has 1 atom stereocenters. The molecule has 0 bridgehead atoms. The number of carboxylic acid groups (broad SMARTS) is 1. The van der Waals surface area contributed by atoms with Crippen molar-refractivity contribution in [3.05, 3.63) is 40.7 Å². The standard InChI is InChI=1S/C15H17ClN4O3/c1-3-11(15(22)23)17-14(21)13-12(4-2)20(19-18-13)10-7-5-6-9(16)8-10/h5-8,11H,3-4H2,1-2H3,(H,17,21)(H,22,23). The van der Waals surface area contributed by atoms with Crippen molar-refractivity contribution in [3.63, 3.8) is 0 Å². The third kappa shape index (κ3) is 3.68. The highest BCUT2D eigenvalue weighted by Gasteiger charge is 2.24. The lowest BCUT2D eigenvalue weighted by Crippen LogP contribution is -2.40. The van der Waals surface area contributed by atoms with Gasteiger partial charge >= 0.3 is 5.97 Å². The van der Waals surface area contributed by atoms with Gasteiger partial charge in [-0.05, 0) is 31.0 Å². The van der Waals surface area contributed by atoms with Crippen LogP contribution < -0.4 is 5.32 Å². The average molecular weight is 337 g/mol. The van der Waals surface area contributed by atoms with Gasteiger partial charge in [-0.15, -0.1) is 5.10 Å². The lowest BCUT2D eigenvalue weighted by Gasteiger charge is -2.11. The molecular formula is C15H17ClN4O3.